The minimum Gasteiger partial charge on any atom is -0.490 e. The van der Waals surface area contributed by atoms with Crippen molar-refractivity contribution in [2.45, 2.75) is 51.0 Å². The van der Waals surface area contributed by atoms with E-state index in [4.69, 9.17) is 16.2 Å². The van der Waals surface area contributed by atoms with Gasteiger partial charge in [0.15, 0.2) is 0 Å². The smallest absolute Gasteiger partial charge is 0.119 e. The fourth-order valence-electron chi connectivity index (χ4n) is 3.97. The largest absolute Gasteiger partial charge is 0.490 e. The molecule has 1 heterocycles. The molecule has 1 atom stereocenters. The van der Waals surface area contributed by atoms with Crippen molar-refractivity contribution >= 4 is 23.0 Å². The zero-order valence-electron chi connectivity index (χ0n) is 19.7. The molecule has 0 amide bonds. The van der Waals surface area contributed by atoms with Gasteiger partial charge in [-0.3, -0.25) is 0 Å². The lowest BCUT2D eigenvalue weighted by Gasteiger charge is -2.25. The summed E-state index contributed by atoms with van der Waals surface area (Å²) in [5.74, 6) is 1.21. The fourth-order valence-corrected chi connectivity index (χ4v) is 5.11. The average molecular weight is 465 g/mol. The number of ether oxygens (including phenoxy) is 1. The van der Waals surface area contributed by atoms with Crippen LogP contribution in [0.3, 0.4) is 0 Å². The molecule has 174 valence electrons. The van der Waals surface area contributed by atoms with E-state index in [0.717, 1.165) is 52.2 Å². The van der Waals surface area contributed by atoms with Crippen molar-refractivity contribution in [2.24, 2.45) is 5.73 Å². The van der Waals surface area contributed by atoms with E-state index in [1.54, 1.807) is 23.9 Å². The molecule has 2 aromatic carbocycles. The zero-order valence-corrected chi connectivity index (χ0v) is 20.5. The number of benzene rings is 2. The van der Waals surface area contributed by atoms with Gasteiger partial charge in [-0.15, -0.1) is 11.8 Å². The Morgan fingerprint density at radius 1 is 1.18 bits per heavy atom. The van der Waals surface area contributed by atoms with E-state index in [0.29, 0.717) is 22.7 Å². The van der Waals surface area contributed by atoms with E-state index in [2.05, 4.69) is 32.6 Å². The highest BCUT2D eigenvalue weighted by Crippen LogP contribution is 2.44. The fraction of sp³-hybridized carbons (Fsp3) is 0.286. The highest BCUT2D eigenvalue weighted by Gasteiger charge is 2.24. The minimum atomic E-state index is -0.259. The van der Waals surface area contributed by atoms with Gasteiger partial charge in [0, 0.05) is 27.6 Å². The number of hydrogen-bond donors (Lipinski definition) is 2. The second-order valence-electron chi connectivity index (χ2n) is 8.21. The molecule has 0 saturated carbocycles. The molecule has 0 bridgehead atoms. The predicted octanol–water partition coefficient (Wildman–Crippen LogP) is 7.41. The van der Waals surface area contributed by atoms with Crippen molar-refractivity contribution < 1.29 is 9.13 Å². The molecule has 2 aromatic rings. The van der Waals surface area contributed by atoms with Crippen LogP contribution in [0.4, 0.5) is 10.1 Å². The molecule has 3 nitrogen and oxygen atoms in total. The molecule has 0 aromatic heterocycles. The summed E-state index contributed by atoms with van der Waals surface area (Å²) in [6.07, 6.45) is 6.65. The van der Waals surface area contributed by atoms with E-state index >= 15 is 0 Å². The van der Waals surface area contributed by atoms with E-state index < -0.39 is 0 Å². The third kappa shape index (κ3) is 6.11. The molecule has 0 radical (unpaired) electrons. The summed E-state index contributed by atoms with van der Waals surface area (Å²) < 4.78 is 20.9. The normalized spacial score (nSPS) is 15.3. The summed E-state index contributed by atoms with van der Waals surface area (Å²) in [6, 6.07) is 14.0. The number of thioether (sulfide) groups is 1. The number of nitrogens with two attached hydrogens (primary N) is 2. The molecule has 1 aliphatic rings. The van der Waals surface area contributed by atoms with Crippen molar-refractivity contribution in [3.05, 3.63) is 95.0 Å². The van der Waals surface area contributed by atoms with Crippen molar-refractivity contribution in [1.82, 2.24) is 0 Å². The first-order valence-electron chi connectivity index (χ1n) is 11.4. The Morgan fingerprint density at radius 3 is 2.52 bits per heavy atom. The number of fused-ring (bicyclic) bond motifs is 1. The van der Waals surface area contributed by atoms with Crippen LogP contribution in [0.2, 0.25) is 0 Å². The van der Waals surface area contributed by atoms with Crippen LogP contribution in [-0.4, -0.2) is 11.9 Å². The van der Waals surface area contributed by atoms with Crippen molar-refractivity contribution in [3.8, 4) is 5.75 Å². The Balaban J connectivity index is 2.12. The first-order chi connectivity index (χ1) is 15.8. The SMILES string of the molecule is C=C(N)/C=C\C(C1=C(c2ccc(OC(CC)CCC)cc2)c2ccc(N)cc2SC1)=C(/C)F. The molecule has 33 heavy (non-hydrogen) atoms. The molecule has 0 spiro atoms. The molecular weight excluding hydrogens is 431 g/mol. The summed E-state index contributed by atoms with van der Waals surface area (Å²) in [5, 5.41) is 0. The molecule has 0 saturated heterocycles. The standard InChI is InChI=1S/C28H33FN2OS/c1-5-7-22(6-2)32-23-12-9-20(10-13-23)28-25-15-11-21(31)16-27(25)33-17-26(28)24(19(4)29)14-8-18(3)30/h8-16,22H,3,5-7,17,30-31H2,1-2,4H3/b14-8-,24-19-. The summed E-state index contributed by atoms with van der Waals surface area (Å²) in [6.45, 7) is 9.49. The summed E-state index contributed by atoms with van der Waals surface area (Å²) in [5.41, 5.74) is 17.4. The lowest BCUT2D eigenvalue weighted by Crippen LogP contribution is -2.14. The zero-order chi connectivity index (χ0) is 24.0. The Hall–Kier alpha value is -2.92. The second-order valence-corrected chi connectivity index (χ2v) is 9.23. The molecule has 0 fully saturated rings. The highest BCUT2D eigenvalue weighted by atomic mass is 32.2. The van der Waals surface area contributed by atoms with Gasteiger partial charge in [0.25, 0.3) is 0 Å². The van der Waals surface area contributed by atoms with E-state index in [-0.39, 0.29) is 11.9 Å². The molecule has 1 aliphatic heterocycles. The third-order valence-electron chi connectivity index (χ3n) is 5.62. The molecule has 4 N–H and O–H groups in total. The number of rotatable bonds is 9. The van der Waals surface area contributed by atoms with E-state index in [1.165, 1.54) is 6.92 Å². The third-order valence-corrected chi connectivity index (χ3v) is 6.70. The first-order valence-corrected chi connectivity index (χ1v) is 12.3. The van der Waals surface area contributed by atoms with Crippen LogP contribution in [0.25, 0.3) is 5.57 Å². The number of halogens is 1. The molecule has 3 rings (SSSR count). The Labute approximate surface area is 201 Å². The first kappa shape index (κ1) is 24.7. The summed E-state index contributed by atoms with van der Waals surface area (Å²) in [7, 11) is 0. The van der Waals surface area contributed by atoms with Gasteiger partial charge in [-0.2, -0.15) is 0 Å². The van der Waals surface area contributed by atoms with Gasteiger partial charge in [-0.1, -0.05) is 51.1 Å². The molecule has 0 aliphatic carbocycles. The Bertz CT molecular complexity index is 1100. The van der Waals surface area contributed by atoms with Crippen LogP contribution < -0.4 is 16.2 Å². The number of anilines is 1. The van der Waals surface area contributed by atoms with Gasteiger partial charge in [0.05, 0.1) is 6.10 Å². The lowest BCUT2D eigenvalue weighted by molar-refractivity contribution is 0.186. The monoisotopic (exact) mass is 464 g/mol. The van der Waals surface area contributed by atoms with Gasteiger partial charge in [0.1, 0.15) is 11.6 Å². The second kappa shape index (κ2) is 11.3. The van der Waals surface area contributed by atoms with Crippen LogP contribution in [0.1, 0.15) is 51.2 Å². The van der Waals surface area contributed by atoms with E-state index in [1.807, 2.05) is 30.3 Å². The quantitative estimate of drug-likeness (QED) is 0.300. The van der Waals surface area contributed by atoms with Crippen LogP contribution >= 0.6 is 11.8 Å². The van der Waals surface area contributed by atoms with Gasteiger partial charge < -0.3 is 16.2 Å². The average Bonchev–Trinajstić information content (AvgIpc) is 2.78. The van der Waals surface area contributed by atoms with Crippen molar-refractivity contribution in [2.75, 3.05) is 11.5 Å². The molecule has 1 unspecified atom stereocenters. The maximum absolute atomic E-state index is 14.7. The Kier molecular flexibility index (Phi) is 8.45. The minimum absolute atomic E-state index is 0.212. The number of hydrogen-bond acceptors (Lipinski definition) is 4. The van der Waals surface area contributed by atoms with Crippen molar-refractivity contribution in [1.29, 1.82) is 0 Å². The number of nitrogen functional groups attached to an aromatic ring is 1. The van der Waals surface area contributed by atoms with Gasteiger partial charge >= 0.3 is 0 Å². The predicted molar refractivity (Wildman–Crippen MR) is 140 cm³/mol. The molecular formula is C28H33FN2OS. The molecule has 5 heteroatoms. The van der Waals surface area contributed by atoms with Crippen LogP contribution in [0, 0.1) is 0 Å². The van der Waals surface area contributed by atoms with Crippen LogP contribution in [0.15, 0.2) is 88.8 Å². The van der Waals surface area contributed by atoms with Crippen LogP contribution in [-0.2, 0) is 0 Å². The number of allylic oxidation sites excluding steroid dienone is 4. The maximum Gasteiger partial charge on any atom is 0.119 e. The van der Waals surface area contributed by atoms with Gasteiger partial charge in [-0.05, 0) is 72.4 Å². The lowest BCUT2D eigenvalue weighted by atomic mass is 9.89. The van der Waals surface area contributed by atoms with Gasteiger partial charge in [0.2, 0.25) is 0 Å². The van der Waals surface area contributed by atoms with E-state index in [9.17, 15) is 4.39 Å². The topological polar surface area (TPSA) is 61.3 Å². The summed E-state index contributed by atoms with van der Waals surface area (Å²) >= 11 is 1.66. The summed E-state index contributed by atoms with van der Waals surface area (Å²) in [4.78, 5) is 1.09. The van der Waals surface area contributed by atoms with Crippen molar-refractivity contribution in [3.63, 3.8) is 0 Å². The van der Waals surface area contributed by atoms with Gasteiger partial charge in [-0.25, -0.2) is 4.39 Å². The Morgan fingerprint density at radius 2 is 1.91 bits per heavy atom. The maximum atomic E-state index is 14.7. The highest BCUT2D eigenvalue weighted by molar-refractivity contribution is 7.99. The van der Waals surface area contributed by atoms with Crippen LogP contribution in [0.5, 0.6) is 5.75 Å².